The summed E-state index contributed by atoms with van der Waals surface area (Å²) in [7, 11) is 1.41. The molecule has 2 aromatic rings. The number of aromatic hydroxyl groups is 2. The maximum atomic E-state index is 13.2. The molecule has 0 aromatic heterocycles. The molecule has 0 radical (unpaired) electrons. The van der Waals surface area contributed by atoms with Gasteiger partial charge in [0.15, 0.2) is 5.78 Å². The molecule has 2 bridgehead atoms. The van der Waals surface area contributed by atoms with E-state index in [2.05, 4.69) is 0 Å². The van der Waals surface area contributed by atoms with Gasteiger partial charge in [-0.25, -0.2) is 0 Å². The molecule has 2 aromatic carbocycles. The summed E-state index contributed by atoms with van der Waals surface area (Å²) in [6.45, 7) is 1.89. The van der Waals surface area contributed by atoms with Crippen molar-refractivity contribution >= 4 is 11.6 Å². The summed E-state index contributed by atoms with van der Waals surface area (Å²) in [5, 5.41) is 32.5. The predicted octanol–water partition coefficient (Wildman–Crippen LogP) is 2.29. The van der Waals surface area contributed by atoms with E-state index in [-0.39, 0.29) is 57.8 Å². The number of ether oxygens (including phenoxy) is 1. The van der Waals surface area contributed by atoms with E-state index in [0.717, 1.165) is 0 Å². The smallest absolute Gasteiger partial charge is 0.202 e. The third kappa shape index (κ3) is 1.74. The first-order valence-corrected chi connectivity index (χ1v) is 8.89. The lowest BCUT2D eigenvalue weighted by Crippen LogP contribution is -2.56. The quantitative estimate of drug-likeness (QED) is 0.571. The van der Waals surface area contributed by atoms with Gasteiger partial charge in [0.1, 0.15) is 17.2 Å². The molecular weight excluding hydrogens is 348 g/mol. The van der Waals surface area contributed by atoms with E-state index in [9.17, 15) is 24.9 Å². The zero-order valence-corrected chi connectivity index (χ0v) is 14.9. The molecule has 6 nitrogen and oxygen atoms in total. The SMILES string of the molecule is COc1cccc2c1C(=O)c1c(O)c3c(c(O)c1C2=O)C[C@]1(O)C[C@H]3[C@@H]1C. The minimum atomic E-state index is -0.946. The average Bonchev–Trinajstić information content (AvgIpc) is 2.67. The maximum Gasteiger partial charge on any atom is 0.202 e. The first-order chi connectivity index (χ1) is 12.8. The van der Waals surface area contributed by atoms with Gasteiger partial charge >= 0.3 is 0 Å². The van der Waals surface area contributed by atoms with Crippen molar-refractivity contribution in [1.82, 2.24) is 0 Å². The van der Waals surface area contributed by atoms with Crippen molar-refractivity contribution in [3.63, 3.8) is 0 Å². The molecule has 3 atom stereocenters. The van der Waals surface area contributed by atoms with Crippen LogP contribution < -0.4 is 4.74 Å². The Morgan fingerprint density at radius 2 is 1.78 bits per heavy atom. The van der Waals surface area contributed by atoms with Crippen molar-refractivity contribution in [2.24, 2.45) is 5.92 Å². The topological polar surface area (TPSA) is 104 Å². The molecule has 3 N–H and O–H groups in total. The fourth-order valence-corrected chi connectivity index (χ4v) is 5.05. The second-order valence-corrected chi connectivity index (χ2v) is 7.76. The van der Waals surface area contributed by atoms with E-state index in [4.69, 9.17) is 4.74 Å². The Labute approximate surface area is 155 Å². The van der Waals surface area contributed by atoms with Crippen LogP contribution in [0.15, 0.2) is 18.2 Å². The molecule has 27 heavy (non-hydrogen) atoms. The van der Waals surface area contributed by atoms with Crippen molar-refractivity contribution in [2.45, 2.75) is 31.3 Å². The van der Waals surface area contributed by atoms with Crippen LogP contribution in [0, 0.1) is 5.92 Å². The molecule has 1 fully saturated rings. The zero-order valence-electron chi connectivity index (χ0n) is 14.9. The molecule has 0 heterocycles. The number of fused-ring (bicyclic) bond motifs is 2. The zero-order chi connectivity index (χ0) is 19.2. The summed E-state index contributed by atoms with van der Waals surface area (Å²) in [6.07, 6.45) is 0.619. The number of phenols is 2. The van der Waals surface area contributed by atoms with Gasteiger partial charge in [-0.2, -0.15) is 0 Å². The van der Waals surface area contributed by atoms with Gasteiger partial charge in [0.05, 0.1) is 29.4 Å². The summed E-state index contributed by atoms with van der Waals surface area (Å²) >= 11 is 0. The average molecular weight is 366 g/mol. The van der Waals surface area contributed by atoms with E-state index < -0.39 is 17.2 Å². The van der Waals surface area contributed by atoms with Gasteiger partial charge < -0.3 is 20.1 Å². The highest BCUT2D eigenvalue weighted by Crippen LogP contribution is 2.62. The monoisotopic (exact) mass is 366 g/mol. The highest BCUT2D eigenvalue weighted by atomic mass is 16.5. The second-order valence-electron chi connectivity index (χ2n) is 7.76. The van der Waals surface area contributed by atoms with Crippen LogP contribution in [-0.4, -0.2) is 39.6 Å². The summed E-state index contributed by atoms with van der Waals surface area (Å²) in [5.74, 6) is -1.64. The number of rotatable bonds is 1. The van der Waals surface area contributed by atoms with E-state index >= 15 is 0 Å². The van der Waals surface area contributed by atoms with Crippen molar-refractivity contribution < 1.29 is 29.6 Å². The molecule has 138 valence electrons. The third-order valence-electron chi connectivity index (χ3n) is 6.64. The largest absolute Gasteiger partial charge is 0.507 e. The normalized spacial score (nSPS) is 27.4. The lowest BCUT2D eigenvalue weighted by Gasteiger charge is -2.55. The number of benzene rings is 2. The number of carbonyl (C=O) groups is 2. The van der Waals surface area contributed by atoms with Crippen LogP contribution >= 0.6 is 0 Å². The first-order valence-electron chi connectivity index (χ1n) is 8.89. The number of hydrogen-bond donors (Lipinski definition) is 3. The minimum absolute atomic E-state index is 0.0930. The molecule has 0 amide bonds. The Bertz CT molecular complexity index is 1070. The number of aliphatic hydroxyl groups is 1. The van der Waals surface area contributed by atoms with E-state index in [1.165, 1.54) is 13.2 Å². The molecule has 6 rings (SSSR count). The van der Waals surface area contributed by atoms with Crippen molar-refractivity contribution in [3.05, 3.63) is 51.6 Å². The standard InChI is InChI=1S/C21H18O6/c1-8-10-6-21(8,26)7-11-13(10)19(24)16-15(18(11)23)17(22)9-4-3-5-12(27-2)14(9)20(16)25/h3-5,8,10,23-24,26H,6-7H2,1-2H3/t8-,10-,21+/m0/s1. The molecule has 0 spiro atoms. The summed E-state index contributed by atoms with van der Waals surface area (Å²) < 4.78 is 5.24. The van der Waals surface area contributed by atoms with Gasteiger partial charge in [-0.1, -0.05) is 19.1 Å². The van der Waals surface area contributed by atoms with Crippen LogP contribution in [0.25, 0.3) is 0 Å². The third-order valence-corrected chi connectivity index (χ3v) is 6.64. The highest BCUT2D eigenvalue weighted by molar-refractivity contribution is 6.31. The molecule has 0 unspecified atom stereocenters. The van der Waals surface area contributed by atoms with Crippen LogP contribution in [0.4, 0.5) is 0 Å². The number of hydrogen-bond acceptors (Lipinski definition) is 6. The predicted molar refractivity (Wildman–Crippen MR) is 94.8 cm³/mol. The summed E-state index contributed by atoms with van der Waals surface area (Å²) in [6, 6.07) is 4.69. The fourth-order valence-electron chi connectivity index (χ4n) is 5.05. The Morgan fingerprint density at radius 1 is 1.07 bits per heavy atom. The molecule has 0 aliphatic heterocycles. The van der Waals surface area contributed by atoms with Gasteiger partial charge in [-0.15, -0.1) is 0 Å². The van der Waals surface area contributed by atoms with Crippen LogP contribution in [-0.2, 0) is 6.42 Å². The van der Waals surface area contributed by atoms with Crippen molar-refractivity contribution in [2.75, 3.05) is 7.11 Å². The fraction of sp³-hybridized carbons (Fsp3) is 0.333. The van der Waals surface area contributed by atoms with Crippen LogP contribution in [0.5, 0.6) is 17.2 Å². The lowest BCUT2D eigenvalue weighted by molar-refractivity contribution is -0.114. The number of ketones is 2. The first kappa shape index (κ1) is 16.3. The van der Waals surface area contributed by atoms with Gasteiger partial charge in [0, 0.05) is 23.1 Å². The van der Waals surface area contributed by atoms with Crippen LogP contribution in [0.3, 0.4) is 0 Å². The Hall–Kier alpha value is -2.86. The van der Waals surface area contributed by atoms with Gasteiger partial charge in [-0.3, -0.25) is 9.59 Å². The minimum Gasteiger partial charge on any atom is -0.507 e. The van der Waals surface area contributed by atoms with Crippen LogP contribution in [0.2, 0.25) is 0 Å². The van der Waals surface area contributed by atoms with E-state index in [1.807, 2.05) is 6.92 Å². The number of phenolic OH excluding ortho intramolecular Hbond substituents is 2. The number of methoxy groups -OCH3 is 1. The molecule has 6 heteroatoms. The van der Waals surface area contributed by atoms with Crippen LogP contribution in [0.1, 0.15) is 62.2 Å². The molecular formula is C21H18O6. The summed E-state index contributed by atoms with van der Waals surface area (Å²) in [4.78, 5) is 26.3. The highest BCUT2D eigenvalue weighted by Gasteiger charge is 2.57. The molecule has 4 aliphatic carbocycles. The summed E-state index contributed by atoms with van der Waals surface area (Å²) in [5.41, 5.74) is -0.216. The van der Waals surface area contributed by atoms with Gasteiger partial charge in [-0.05, 0) is 24.3 Å². The second kappa shape index (κ2) is 4.89. The van der Waals surface area contributed by atoms with Crippen molar-refractivity contribution in [3.8, 4) is 17.2 Å². The maximum absolute atomic E-state index is 13.2. The number of carbonyl (C=O) groups excluding carboxylic acids is 2. The molecule has 4 aliphatic rings. The lowest BCUT2D eigenvalue weighted by atomic mass is 9.52. The Kier molecular flexibility index (Phi) is 2.96. The van der Waals surface area contributed by atoms with Gasteiger partial charge in [0.25, 0.3) is 0 Å². The van der Waals surface area contributed by atoms with E-state index in [1.54, 1.807) is 12.1 Å². The van der Waals surface area contributed by atoms with Gasteiger partial charge in [0.2, 0.25) is 5.78 Å². The Balaban J connectivity index is 1.83. The Morgan fingerprint density at radius 3 is 2.44 bits per heavy atom. The molecule has 0 saturated heterocycles. The molecule has 1 saturated carbocycles. The van der Waals surface area contributed by atoms with Crippen molar-refractivity contribution in [1.29, 1.82) is 0 Å². The van der Waals surface area contributed by atoms with E-state index in [0.29, 0.717) is 17.5 Å².